The summed E-state index contributed by atoms with van der Waals surface area (Å²) >= 11 is 3.15. The predicted octanol–water partition coefficient (Wildman–Crippen LogP) is 5.59. The van der Waals surface area contributed by atoms with Crippen LogP contribution in [0.1, 0.15) is 83.5 Å². The van der Waals surface area contributed by atoms with Gasteiger partial charge in [-0.25, -0.2) is 0 Å². The summed E-state index contributed by atoms with van der Waals surface area (Å²) in [6.45, 7) is 0. The number of nitrogens with two attached hydrogens (primary N) is 1. The van der Waals surface area contributed by atoms with Crippen LogP contribution in [0.15, 0.2) is 0 Å². The van der Waals surface area contributed by atoms with E-state index in [-0.39, 0.29) is 11.3 Å². The van der Waals surface area contributed by atoms with Crippen molar-refractivity contribution < 1.29 is 9.90 Å². The maximum atomic E-state index is 10.6. The Morgan fingerprint density at radius 2 is 1.26 bits per heavy atom. The minimum atomic E-state index is -0.265. The van der Waals surface area contributed by atoms with Crippen molar-refractivity contribution in [2.75, 3.05) is 17.8 Å². The Bertz CT molecular complexity index is 265. The molecule has 0 fully saturated rings. The highest BCUT2D eigenvalue weighted by Crippen LogP contribution is 2.14. The first-order valence-corrected chi connectivity index (χ1v) is 11.6. The van der Waals surface area contributed by atoms with E-state index in [1.54, 1.807) is 0 Å². The SMILES string of the molecule is CSCCCCCCCC(O)CCCCCCCCSC(N)=O. The average molecular weight is 364 g/mol. The third-order valence-electron chi connectivity index (χ3n) is 4.06. The molecule has 3 nitrogen and oxygen atoms in total. The van der Waals surface area contributed by atoms with Gasteiger partial charge in [-0.1, -0.05) is 69.5 Å². The fourth-order valence-electron chi connectivity index (χ4n) is 2.66. The summed E-state index contributed by atoms with van der Waals surface area (Å²) in [5, 5.41) is 9.70. The van der Waals surface area contributed by atoms with Gasteiger partial charge in [0.2, 0.25) is 0 Å². The van der Waals surface area contributed by atoms with Crippen LogP contribution < -0.4 is 5.73 Å². The van der Waals surface area contributed by atoms with E-state index in [4.69, 9.17) is 5.73 Å². The zero-order valence-electron chi connectivity index (χ0n) is 14.9. The van der Waals surface area contributed by atoms with Gasteiger partial charge >= 0.3 is 0 Å². The molecule has 0 bridgehead atoms. The molecule has 0 aliphatic heterocycles. The largest absolute Gasteiger partial charge is 0.393 e. The molecule has 3 N–H and O–H groups in total. The number of aliphatic hydroxyl groups is 1. The normalized spacial score (nSPS) is 12.4. The molecule has 0 aliphatic rings. The second-order valence-electron chi connectivity index (χ2n) is 6.28. The number of amides is 1. The summed E-state index contributed by atoms with van der Waals surface area (Å²) in [5.41, 5.74) is 5.07. The Kier molecular flexibility index (Phi) is 18.6. The maximum Gasteiger partial charge on any atom is 0.276 e. The highest BCUT2D eigenvalue weighted by Gasteiger charge is 2.03. The van der Waals surface area contributed by atoms with Crippen LogP contribution in [0, 0.1) is 0 Å². The van der Waals surface area contributed by atoms with Crippen molar-refractivity contribution in [1.29, 1.82) is 0 Å². The molecule has 0 aliphatic carbocycles. The number of carbonyl (C=O) groups is 1. The summed E-state index contributed by atoms with van der Waals surface area (Å²) in [5.74, 6) is 2.14. The molecule has 0 aromatic heterocycles. The fourth-order valence-corrected chi connectivity index (χ4v) is 3.71. The van der Waals surface area contributed by atoms with Crippen LogP contribution >= 0.6 is 23.5 Å². The quantitative estimate of drug-likeness (QED) is 0.330. The number of unbranched alkanes of at least 4 members (excludes halogenated alkanes) is 9. The number of rotatable bonds is 17. The van der Waals surface area contributed by atoms with Crippen LogP contribution in [0.3, 0.4) is 0 Å². The smallest absolute Gasteiger partial charge is 0.276 e. The third-order valence-corrected chi connectivity index (χ3v) is 5.54. The van der Waals surface area contributed by atoms with Crippen LogP contribution in [0.2, 0.25) is 0 Å². The Morgan fingerprint density at radius 3 is 1.74 bits per heavy atom. The second-order valence-corrected chi connectivity index (χ2v) is 8.37. The maximum absolute atomic E-state index is 10.6. The molecular formula is C18H37NO2S2. The number of hydrogen-bond donors (Lipinski definition) is 2. The lowest BCUT2D eigenvalue weighted by molar-refractivity contribution is 0.147. The Morgan fingerprint density at radius 1 is 0.826 bits per heavy atom. The molecule has 0 radical (unpaired) electrons. The van der Waals surface area contributed by atoms with Gasteiger partial charge in [-0.15, -0.1) is 0 Å². The van der Waals surface area contributed by atoms with Crippen LogP contribution in [-0.2, 0) is 0 Å². The predicted molar refractivity (Wildman–Crippen MR) is 106 cm³/mol. The average Bonchev–Trinajstić information content (AvgIpc) is 2.52. The van der Waals surface area contributed by atoms with Gasteiger partial charge in [-0.2, -0.15) is 11.8 Å². The van der Waals surface area contributed by atoms with Crippen LogP contribution in [0.25, 0.3) is 0 Å². The minimum Gasteiger partial charge on any atom is -0.393 e. The first-order chi connectivity index (χ1) is 11.2. The summed E-state index contributed by atoms with van der Waals surface area (Å²) in [4.78, 5) is 10.6. The molecule has 1 amide bonds. The highest BCUT2D eigenvalue weighted by molar-refractivity contribution is 8.13. The number of carbonyl (C=O) groups excluding carboxylic acids is 1. The van der Waals surface area contributed by atoms with Gasteiger partial charge in [0.05, 0.1) is 6.10 Å². The number of thioether (sulfide) groups is 2. The molecule has 5 heteroatoms. The Balaban J connectivity index is 3.15. The van der Waals surface area contributed by atoms with E-state index < -0.39 is 0 Å². The monoisotopic (exact) mass is 363 g/mol. The van der Waals surface area contributed by atoms with Gasteiger partial charge < -0.3 is 10.8 Å². The van der Waals surface area contributed by atoms with Crippen molar-refractivity contribution in [1.82, 2.24) is 0 Å². The molecule has 0 saturated carbocycles. The molecule has 1 unspecified atom stereocenters. The van der Waals surface area contributed by atoms with E-state index in [0.29, 0.717) is 0 Å². The van der Waals surface area contributed by atoms with E-state index in [2.05, 4.69) is 6.26 Å². The first kappa shape index (κ1) is 23.1. The van der Waals surface area contributed by atoms with Crippen molar-refractivity contribution in [2.45, 2.75) is 89.6 Å². The van der Waals surface area contributed by atoms with Gasteiger partial charge in [-0.3, -0.25) is 4.79 Å². The van der Waals surface area contributed by atoms with Gasteiger partial charge in [0.15, 0.2) is 0 Å². The van der Waals surface area contributed by atoms with E-state index in [1.165, 1.54) is 75.3 Å². The molecule has 1 atom stereocenters. The van der Waals surface area contributed by atoms with E-state index in [9.17, 15) is 9.90 Å². The molecule has 0 heterocycles. The number of aliphatic hydroxyl groups excluding tert-OH is 1. The first-order valence-electron chi connectivity index (χ1n) is 9.26. The minimum absolute atomic E-state index is 0.0897. The van der Waals surface area contributed by atoms with E-state index in [0.717, 1.165) is 31.4 Å². The lowest BCUT2D eigenvalue weighted by atomic mass is 10.0. The fraction of sp³-hybridized carbons (Fsp3) is 0.944. The van der Waals surface area contributed by atoms with Crippen molar-refractivity contribution in [3.63, 3.8) is 0 Å². The van der Waals surface area contributed by atoms with Gasteiger partial charge in [-0.05, 0) is 37.7 Å². The Labute approximate surface area is 151 Å². The molecule has 0 spiro atoms. The molecule has 0 saturated heterocycles. The molecule has 0 aromatic rings. The molecular weight excluding hydrogens is 326 g/mol. The van der Waals surface area contributed by atoms with E-state index in [1.807, 2.05) is 11.8 Å². The van der Waals surface area contributed by atoms with Gasteiger partial charge in [0.1, 0.15) is 0 Å². The van der Waals surface area contributed by atoms with E-state index >= 15 is 0 Å². The summed E-state index contributed by atoms with van der Waals surface area (Å²) < 4.78 is 0. The summed E-state index contributed by atoms with van der Waals surface area (Å²) in [6.07, 6.45) is 17.6. The summed E-state index contributed by atoms with van der Waals surface area (Å²) in [6, 6.07) is 0. The zero-order valence-corrected chi connectivity index (χ0v) is 16.6. The number of primary amides is 1. The van der Waals surface area contributed by atoms with Crippen LogP contribution in [0.5, 0.6) is 0 Å². The van der Waals surface area contributed by atoms with Crippen molar-refractivity contribution in [3.05, 3.63) is 0 Å². The van der Waals surface area contributed by atoms with Gasteiger partial charge in [0, 0.05) is 5.75 Å². The van der Waals surface area contributed by atoms with Crippen molar-refractivity contribution >= 4 is 28.8 Å². The Hall–Kier alpha value is 0.130. The van der Waals surface area contributed by atoms with Crippen molar-refractivity contribution in [2.24, 2.45) is 5.73 Å². The van der Waals surface area contributed by atoms with Crippen LogP contribution in [-0.4, -0.2) is 34.2 Å². The summed E-state index contributed by atoms with van der Waals surface area (Å²) in [7, 11) is 0. The molecule has 0 rings (SSSR count). The van der Waals surface area contributed by atoms with Crippen LogP contribution in [0.4, 0.5) is 4.79 Å². The zero-order chi connectivity index (χ0) is 17.2. The van der Waals surface area contributed by atoms with Crippen molar-refractivity contribution in [3.8, 4) is 0 Å². The topological polar surface area (TPSA) is 63.3 Å². The third kappa shape index (κ3) is 20.1. The number of hydrogen-bond acceptors (Lipinski definition) is 4. The second kappa shape index (κ2) is 18.5. The molecule has 23 heavy (non-hydrogen) atoms. The standard InChI is InChI=1S/C18H37NO2S2/c1-22-15-11-7-4-6-10-14-17(20)13-9-5-2-3-8-12-16-23-18(19)21/h17,20H,2-16H2,1H3,(H2,19,21). The highest BCUT2D eigenvalue weighted by atomic mass is 32.2. The molecule has 0 aromatic carbocycles. The van der Waals surface area contributed by atoms with Gasteiger partial charge in [0.25, 0.3) is 5.24 Å². The molecule has 138 valence electrons. The lowest BCUT2D eigenvalue weighted by Crippen LogP contribution is -2.06. The lowest BCUT2D eigenvalue weighted by Gasteiger charge is -2.10.